The molecule has 116 valence electrons. The van der Waals surface area contributed by atoms with Crippen molar-refractivity contribution in [3.05, 3.63) is 53.9 Å². The minimum absolute atomic E-state index is 0.0138. The molecule has 0 bridgehead atoms. The molecule has 1 aromatic carbocycles. The normalized spacial score (nSPS) is 12.0. The number of pyridine rings is 1. The third kappa shape index (κ3) is 4.15. The number of nitrogens with zero attached hydrogens (tertiary/aromatic N) is 1. The monoisotopic (exact) mass is 298 g/mol. The van der Waals surface area contributed by atoms with Crippen LogP contribution in [0.25, 0.3) is 11.1 Å². The van der Waals surface area contributed by atoms with Gasteiger partial charge >= 0.3 is 0 Å². The van der Waals surface area contributed by atoms with Gasteiger partial charge in [0.25, 0.3) is 5.91 Å². The molecule has 0 aliphatic heterocycles. The van der Waals surface area contributed by atoms with Crippen molar-refractivity contribution in [2.45, 2.75) is 32.7 Å². The SMILES string of the molecule is CCC(CCO)NC(=O)c1cncc(-c2cccc(C)c2)c1. The molecule has 22 heavy (non-hydrogen) atoms. The molecular formula is C18H22N2O2. The molecule has 1 atom stereocenters. The predicted octanol–water partition coefficient (Wildman–Crippen LogP) is 2.95. The quantitative estimate of drug-likeness (QED) is 0.862. The molecule has 0 aliphatic carbocycles. The van der Waals surface area contributed by atoms with Gasteiger partial charge in [0.1, 0.15) is 0 Å². The van der Waals surface area contributed by atoms with Crippen LogP contribution >= 0.6 is 0 Å². The first-order valence-electron chi connectivity index (χ1n) is 7.58. The number of hydrogen-bond donors (Lipinski definition) is 2. The second-order valence-corrected chi connectivity index (χ2v) is 5.42. The highest BCUT2D eigenvalue weighted by Gasteiger charge is 2.13. The molecule has 2 N–H and O–H groups in total. The highest BCUT2D eigenvalue weighted by molar-refractivity contribution is 5.95. The summed E-state index contributed by atoms with van der Waals surface area (Å²) in [5.41, 5.74) is 3.67. The molecule has 1 aromatic heterocycles. The van der Waals surface area contributed by atoms with Crippen molar-refractivity contribution in [3.8, 4) is 11.1 Å². The number of aryl methyl sites for hydroxylation is 1. The maximum atomic E-state index is 12.3. The van der Waals surface area contributed by atoms with Gasteiger partial charge in [-0.15, -0.1) is 0 Å². The average molecular weight is 298 g/mol. The Hall–Kier alpha value is -2.20. The average Bonchev–Trinajstić information content (AvgIpc) is 2.54. The molecule has 2 rings (SSSR count). The molecule has 4 nitrogen and oxygen atoms in total. The number of aromatic nitrogens is 1. The smallest absolute Gasteiger partial charge is 0.253 e. The van der Waals surface area contributed by atoms with Crippen LogP contribution in [-0.4, -0.2) is 28.6 Å². The number of nitrogens with one attached hydrogen (secondary N) is 1. The molecule has 0 spiro atoms. The largest absolute Gasteiger partial charge is 0.396 e. The number of amides is 1. The Morgan fingerprint density at radius 3 is 2.77 bits per heavy atom. The molecule has 1 heterocycles. The second-order valence-electron chi connectivity index (χ2n) is 5.42. The summed E-state index contributed by atoms with van der Waals surface area (Å²) in [7, 11) is 0. The lowest BCUT2D eigenvalue weighted by molar-refractivity contribution is 0.0929. The van der Waals surface area contributed by atoms with E-state index in [9.17, 15) is 4.79 Å². The maximum absolute atomic E-state index is 12.3. The van der Waals surface area contributed by atoms with E-state index in [1.54, 1.807) is 12.4 Å². The van der Waals surface area contributed by atoms with Crippen LogP contribution in [0.2, 0.25) is 0 Å². The van der Waals surface area contributed by atoms with Crippen molar-refractivity contribution >= 4 is 5.91 Å². The highest BCUT2D eigenvalue weighted by Crippen LogP contribution is 2.20. The van der Waals surface area contributed by atoms with Gasteiger partial charge in [-0.2, -0.15) is 0 Å². The number of aliphatic hydroxyl groups is 1. The molecule has 4 heteroatoms. The van der Waals surface area contributed by atoms with E-state index in [4.69, 9.17) is 5.11 Å². The third-order valence-electron chi connectivity index (χ3n) is 3.66. The fraction of sp³-hybridized carbons (Fsp3) is 0.333. The molecule has 0 saturated heterocycles. The number of hydrogen-bond acceptors (Lipinski definition) is 3. The van der Waals surface area contributed by atoms with Crippen molar-refractivity contribution in [1.82, 2.24) is 10.3 Å². The summed E-state index contributed by atoms with van der Waals surface area (Å²) in [6.45, 7) is 4.09. The summed E-state index contributed by atoms with van der Waals surface area (Å²) in [4.78, 5) is 16.5. The molecule has 0 fully saturated rings. The maximum Gasteiger partial charge on any atom is 0.253 e. The molecule has 0 radical (unpaired) electrons. The number of carbonyl (C=O) groups excluding carboxylic acids is 1. The Kier molecular flexibility index (Phi) is 5.67. The van der Waals surface area contributed by atoms with Crippen LogP contribution in [0.4, 0.5) is 0 Å². The standard InChI is InChI=1S/C18H22N2O2/c1-3-17(7-8-21)20-18(22)16-10-15(11-19-12-16)14-6-4-5-13(2)9-14/h4-6,9-12,17,21H,3,7-8H2,1-2H3,(H,20,22). The first-order valence-corrected chi connectivity index (χ1v) is 7.58. The summed E-state index contributed by atoms with van der Waals surface area (Å²) >= 11 is 0. The van der Waals surface area contributed by atoms with Crippen LogP contribution in [0.3, 0.4) is 0 Å². The Labute approximate surface area is 131 Å². The van der Waals surface area contributed by atoms with E-state index in [1.165, 1.54) is 5.56 Å². The Bertz CT molecular complexity index is 640. The molecule has 0 saturated carbocycles. The second kappa shape index (κ2) is 7.71. The van der Waals surface area contributed by atoms with Crippen LogP contribution in [0.1, 0.15) is 35.7 Å². The van der Waals surface area contributed by atoms with Crippen LogP contribution in [0.15, 0.2) is 42.7 Å². The first kappa shape index (κ1) is 16.2. The summed E-state index contributed by atoms with van der Waals surface area (Å²) in [6, 6.07) is 9.94. The number of benzene rings is 1. The summed E-state index contributed by atoms with van der Waals surface area (Å²) in [6.07, 6.45) is 4.68. The zero-order valence-corrected chi connectivity index (χ0v) is 13.0. The van der Waals surface area contributed by atoms with Gasteiger partial charge in [0, 0.05) is 30.6 Å². The first-order chi connectivity index (χ1) is 10.6. The van der Waals surface area contributed by atoms with Crippen molar-refractivity contribution < 1.29 is 9.90 Å². The molecule has 1 unspecified atom stereocenters. The van der Waals surface area contributed by atoms with E-state index >= 15 is 0 Å². The topological polar surface area (TPSA) is 62.2 Å². The van der Waals surface area contributed by atoms with Crippen LogP contribution in [-0.2, 0) is 0 Å². The van der Waals surface area contributed by atoms with E-state index in [0.29, 0.717) is 12.0 Å². The molecular weight excluding hydrogens is 276 g/mol. The summed E-state index contributed by atoms with van der Waals surface area (Å²) < 4.78 is 0. The van der Waals surface area contributed by atoms with Gasteiger partial charge in [-0.3, -0.25) is 9.78 Å². The minimum atomic E-state index is -0.151. The Morgan fingerprint density at radius 1 is 1.27 bits per heavy atom. The number of aliphatic hydroxyl groups excluding tert-OH is 1. The number of rotatable bonds is 6. The zero-order valence-electron chi connectivity index (χ0n) is 13.0. The van der Waals surface area contributed by atoms with Crippen LogP contribution < -0.4 is 5.32 Å². The molecule has 0 aliphatic rings. The molecule has 2 aromatic rings. The van der Waals surface area contributed by atoms with Crippen molar-refractivity contribution in [2.24, 2.45) is 0 Å². The van der Waals surface area contributed by atoms with Gasteiger partial charge in [-0.05, 0) is 31.4 Å². The van der Waals surface area contributed by atoms with Gasteiger partial charge in [0.05, 0.1) is 5.56 Å². The van der Waals surface area contributed by atoms with Gasteiger partial charge in [-0.25, -0.2) is 0 Å². The predicted molar refractivity (Wildman–Crippen MR) is 87.7 cm³/mol. The zero-order chi connectivity index (χ0) is 15.9. The number of carbonyl (C=O) groups is 1. The van der Waals surface area contributed by atoms with E-state index in [0.717, 1.165) is 17.5 Å². The van der Waals surface area contributed by atoms with Crippen molar-refractivity contribution in [1.29, 1.82) is 0 Å². The summed E-state index contributed by atoms with van der Waals surface area (Å²) in [5.74, 6) is -0.151. The van der Waals surface area contributed by atoms with Crippen molar-refractivity contribution in [2.75, 3.05) is 6.61 Å². The molecule has 1 amide bonds. The Balaban J connectivity index is 2.19. The minimum Gasteiger partial charge on any atom is -0.396 e. The third-order valence-corrected chi connectivity index (χ3v) is 3.66. The van der Waals surface area contributed by atoms with Crippen LogP contribution in [0.5, 0.6) is 0 Å². The highest BCUT2D eigenvalue weighted by atomic mass is 16.3. The van der Waals surface area contributed by atoms with Gasteiger partial charge in [-0.1, -0.05) is 36.8 Å². The lowest BCUT2D eigenvalue weighted by Gasteiger charge is -2.15. The van der Waals surface area contributed by atoms with E-state index in [1.807, 2.05) is 38.1 Å². The van der Waals surface area contributed by atoms with Gasteiger partial charge in [0.2, 0.25) is 0 Å². The van der Waals surface area contributed by atoms with Crippen molar-refractivity contribution in [3.63, 3.8) is 0 Å². The van der Waals surface area contributed by atoms with Crippen LogP contribution in [0, 0.1) is 6.92 Å². The lowest BCUT2D eigenvalue weighted by atomic mass is 10.0. The van der Waals surface area contributed by atoms with Gasteiger partial charge < -0.3 is 10.4 Å². The van der Waals surface area contributed by atoms with E-state index < -0.39 is 0 Å². The van der Waals surface area contributed by atoms with E-state index in [2.05, 4.69) is 16.4 Å². The summed E-state index contributed by atoms with van der Waals surface area (Å²) in [5, 5.41) is 11.9. The Morgan fingerprint density at radius 2 is 2.09 bits per heavy atom. The van der Waals surface area contributed by atoms with Gasteiger partial charge in [0.15, 0.2) is 0 Å². The fourth-order valence-electron chi connectivity index (χ4n) is 2.35. The lowest BCUT2D eigenvalue weighted by Crippen LogP contribution is -2.35. The fourth-order valence-corrected chi connectivity index (χ4v) is 2.35. The van der Waals surface area contributed by atoms with E-state index in [-0.39, 0.29) is 18.6 Å².